The van der Waals surface area contributed by atoms with Gasteiger partial charge in [-0.05, 0) is 34.6 Å². The molecule has 4 nitrogen and oxygen atoms in total. The summed E-state index contributed by atoms with van der Waals surface area (Å²) < 4.78 is 5.75. The monoisotopic (exact) mass is 287 g/mol. The van der Waals surface area contributed by atoms with Crippen molar-refractivity contribution in [3.8, 4) is 0 Å². The van der Waals surface area contributed by atoms with E-state index in [0.29, 0.717) is 13.0 Å². The fraction of sp³-hybridized carbons (Fsp3) is 0.875. The van der Waals surface area contributed by atoms with Gasteiger partial charge in [0.25, 0.3) is 0 Å². The predicted molar refractivity (Wildman–Crippen MR) is 83.7 cm³/mol. The SMILES string of the molecule is CC.CC(=O)CC(C)(C)OCC(C)(C)NC(=O)C(C)C. The molecule has 4 heteroatoms. The summed E-state index contributed by atoms with van der Waals surface area (Å²) in [6, 6.07) is 0. The molecule has 0 aliphatic rings. The fourth-order valence-electron chi connectivity index (χ4n) is 1.54. The molecule has 0 fully saturated rings. The first-order valence-electron chi connectivity index (χ1n) is 7.41. The lowest BCUT2D eigenvalue weighted by Crippen LogP contribution is -2.50. The second kappa shape index (κ2) is 9.11. The summed E-state index contributed by atoms with van der Waals surface area (Å²) in [6.45, 7) is 17.2. The van der Waals surface area contributed by atoms with E-state index in [9.17, 15) is 9.59 Å². The van der Waals surface area contributed by atoms with Gasteiger partial charge in [0, 0.05) is 12.3 Å². The fourth-order valence-corrected chi connectivity index (χ4v) is 1.54. The summed E-state index contributed by atoms with van der Waals surface area (Å²) in [5.41, 5.74) is -0.929. The molecule has 0 aromatic heterocycles. The first-order valence-corrected chi connectivity index (χ1v) is 7.41. The maximum absolute atomic E-state index is 11.6. The molecule has 0 spiro atoms. The van der Waals surface area contributed by atoms with E-state index in [1.165, 1.54) is 0 Å². The Bertz CT molecular complexity index is 307. The molecule has 0 bridgehead atoms. The van der Waals surface area contributed by atoms with Crippen LogP contribution in [0.3, 0.4) is 0 Å². The average molecular weight is 287 g/mol. The van der Waals surface area contributed by atoms with Crippen LogP contribution in [0.25, 0.3) is 0 Å². The summed E-state index contributed by atoms with van der Waals surface area (Å²) in [6.07, 6.45) is 0.376. The summed E-state index contributed by atoms with van der Waals surface area (Å²) in [7, 11) is 0. The number of hydrogen-bond donors (Lipinski definition) is 1. The standard InChI is InChI=1S/C14H27NO3.C2H6/c1-10(2)12(17)15-13(4,5)9-18-14(6,7)8-11(3)16;1-2/h10H,8-9H2,1-7H3,(H,15,17);1-2H3. The van der Waals surface area contributed by atoms with Crippen molar-refractivity contribution >= 4 is 11.7 Å². The molecule has 0 radical (unpaired) electrons. The number of amides is 1. The maximum atomic E-state index is 11.6. The highest BCUT2D eigenvalue weighted by atomic mass is 16.5. The zero-order valence-electron chi connectivity index (χ0n) is 14.7. The number of carbonyl (C=O) groups excluding carboxylic acids is 2. The van der Waals surface area contributed by atoms with Crippen LogP contribution in [0, 0.1) is 5.92 Å². The number of carbonyl (C=O) groups is 2. The van der Waals surface area contributed by atoms with Crippen LogP contribution in [0.5, 0.6) is 0 Å². The topological polar surface area (TPSA) is 55.4 Å². The van der Waals surface area contributed by atoms with Crippen molar-refractivity contribution in [2.75, 3.05) is 6.61 Å². The molecular formula is C16H33NO3. The largest absolute Gasteiger partial charge is 0.373 e. The molecule has 0 aliphatic carbocycles. The van der Waals surface area contributed by atoms with Crippen LogP contribution in [-0.2, 0) is 14.3 Å². The van der Waals surface area contributed by atoms with Crippen molar-refractivity contribution < 1.29 is 14.3 Å². The van der Waals surface area contributed by atoms with Crippen LogP contribution in [0.4, 0.5) is 0 Å². The van der Waals surface area contributed by atoms with E-state index in [2.05, 4.69) is 5.32 Å². The summed E-state index contributed by atoms with van der Waals surface area (Å²) >= 11 is 0. The van der Waals surface area contributed by atoms with Gasteiger partial charge in [-0.25, -0.2) is 0 Å². The van der Waals surface area contributed by atoms with Crippen LogP contribution in [-0.4, -0.2) is 29.4 Å². The number of hydrogen-bond acceptors (Lipinski definition) is 3. The van der Waals surface area contributed by atoms with Crippen LogP contribution in [0.1, 0.15) is 68.7 Å². The molecule has 0 unspecified atom stereocenters. The van der Waals surface area contributed by atoms with E-state index in [1.807, 2.05) is 55.4 Å². The Labute approximate surface area is 124 Å². The van der Waals surface area contributed by atoms with Gasteiger partial charge in [-0.1, -0.05) is 27.7 Å². The number of nitrogens with one attached hydrogen (secondary N) is 1. The molecule has 0 aromatic carbocycles. The Morgan fingerprint density at radius 3 is 1.90 bits per heavy atom. The van der Waals surface area contributed by atoms with Gasteiger partial charge in [0.15, 0.2) is 0 Å². The molecule has 0 rings (SSSR count). The number of ketones is 1. The van der Waals surface area contributed by atoms with E-state index in [-0.39, 0.29) is 17.6 Å². The third-order valence-corrected chi connectivity index (χ3v) is 2.48. The Kier molecular flexibility index (Phi) is 9.75. The van der Waals surface area contributed by atoms with Crippen LogP contribution >= 0.6 is 0 Å². The molecule has 120 valence electrons. The van der Waals surface area contributed by atoms with E-state index < -0.39 is 11.1 Å². The minimum Gasteiger partial charge on any atom is -0.373 e. The van der Waals surface area contributed by atoms with Gasteiger partial charge in [0.2, 0.25) is 5.91 Å². The first-order chi connectivity index (χ1) is 8.95. The summed E-state index contributed by atoms with van der Waals surface area (Å²) in [5.74, 6) is 0.0616. The third kappa shape index (κ3) is 11.0. The highest BCUT2D eigenvalue weighted by Gasteiger charge is 2.27. The molecule has 0 aliphatic heterocycles. The molecule has 0 atom stereocenters. The molecule has 20 heavy (non-hydrogen) atoms. The van der Waals surface area contributed by atoms with E-state index in [1.54, 1.807) is 6.92 Å². The van der Waals surface area contributed by atoms with Gasteiger partial charge < -0.3 is 10.1 Å². The normalized spacial score (nSPS) is 11.7. The van der Waals surface area contributed by atoms with Gasteiger partial charge in [-0.3, -0.25) is 9.59 Å². The summed E-state index contributed by atoms with van der Waals surface area (Å²) in [5, 5.41) is 2.93. The van der Waals surface area contributed by atoms with E-state index in [0.717, 1.165) is 0 Å². The number of ether oxygens (including phenoxy) is 1. The van der Waals surface area contributed by atoms with Gasteiger partial charge >= 0.3 is 0 Å². The Hall–Kier alpha value is -0.900. The van der Waals surface area contributed by atoms with Gasteiger partial charge in [-0.2, -0.15) is 0 Å². The van der Waals surface area contributed by atoms with Crippen molar-refractivity contribution in [1.29, 1.82) is 0 Å². The third-order valence-electron chi connectivity index (χ3n) is 2.48. The highest BCUT2D eigenvalue weighted by molar-refractivity contribution is 5.78. The number of Topliss-reactive ketones (excluding diaryl/α,β-unsaturated/α-hetero) is 1. The number of rotatable bonds is 7. The molecular weight excluding hydrogens is 254 g/mol. The van der Waals surface area contributed by atoms with Crippen LogP contribution in [0.15, 0.2) is 0 Å². The smallest absolute Gasteiger partial charge is 0.223 e. The van der Waals surface area contributed by atoms with E-state index >= 15 is 0 Å². The van der Waals surface area contributed by atoms with Crippen molar-refractivity contribution in [3.63, 3.8) is 0 Å². The zero-order chi connectivity index (χ0) is 16.6. The lowest BCUT2D eigenvalue weighted by Gasteiger charge is -2.32. The van der Waals surface area contributed by atoms with Crippen molar-refractivity contribution in [3.05, 3.63) is 0 Å². The minimum absolute atomic E-state index is 0.00738. The van der Waals surface area contributed by atoms with Gasteiger partial charge in [0.1, 0.15) is 5.78 Å². The second-order valence-electron chi connectivity index (χ2n) is 6.45. The van der Waals surface area contributed by atoms with Crippen molar-refractivity contribution in [2.45, 2.75) is 79.9 Å². The first kappa shape index (κ1) is 21.4. The van der Waals surface area contributed by atoms with Crippen molar-refractivity contribution in [2.24, 2.45) is 5.92 Å². The van der Waals surface area contributed by atoms with Crippen LogP contribution < -0.4 is 5.32 Å². The Balaban J connectivity index is 0. The van der Waals surface area contributed by atoms with Gasteiger partial charge in [-0.15, -0.1) is 0 Å². The summed E-state index contributed by atoms with van der Waals surface area (Å²) in [4.78, 5) is 22.7. The van der Waals surface area contributed by atoms with E-state index in [4.69, 9.17) is 4.74 Å². The Morgan fingerprint density at radius 1 is 1.10 bits per heavy atom. The molecule has 0 saturated heterocycles. The minimum atomic E-state index is -0.494. The second-order valence-corrected chi connectivity index (χ2v) is 6.45. The van der Waals surface area contributed by atoms with Gasteiger partial charge in [0.05, 0.1) is 17.7 Å². The maximum Gasteiger partial charge on any atom is 0.223 e. The lowest BCUT2D eigenvalue weighted by atomic mass is 10.0. The predicted octanol–water partition coefficient (Wildman–Crippen LogP) is 3.34. The average Bonchev–Trinajstić information content (AvgIpc) is 2.27. The Morgan fingerprint density at radius 2 is 1.55 bits per heavy atom. The lowest BCUT2D eigenvalue weighted by molar-refractivity contribution is -0.130. The van der Waals surface area contributed by atoms with Crippen molar-refractivity contribution in [1.82, 2.24) is 5.32 Å². The quantitative estimate of drug-likeness (QED) is 0.781. The molecule has 1 amide bonds. The molecule has 0 heterocycles. The van der Waals surface area contributed by atoms with Crippen LogP contribution in [0.2, 0.25) is 0 Å². The molecule has 0 saturated carbocycles. The highest BCUT2D eigenvalue weighted by Crippen LogP contribution is 2.17. The zero-order valence-corrected chi connectivity index (χ0v) is 14.7. The molecule has 0 aromatic rings. The molecule has 1 N–H and O–H groups in total.